The fourth-order valence-electron chi connectivity index (χ4n) is 1.40. The molecule has 0 radical (unpaired) electrons. The number of sulfonamides is 1. The molecule has 0 amide bonds. The average molecular weight is 261 g/mol. The van der Waals surface area contributed by atoms with E-state index in [-0.39, 0.29) is 5.41 Å². The van der Waals surface area contributed by atoms with Crippen LogP contribution in [0.3, 0.4) is 0 Å². The van der Waals surface area contributed by atoms with Crippen molar-refractivity contribution >= 4 is 10.0 Å². The zero-order valence-corrected chi connectivity index (χ0v) is 12.1. The number of nitrogens with one attached hydrogen (secondary N) is 2. The van der Waals surface area contributed by atoms with Crippen molar-refractivity contribution in [2.45, 2.75) is 39.7 Å². The molecule has 0 saturated carbocycles. The van der Waals surface area contributed by atoms with Gasteiger partial charge in [0.15, 0.2) is 0 Å². The molecule has 0 atom stereocenters. The molecule has 0 heterocycles. The van der Waals surface area contributed by atoms with E-state index >= 15 is 0 Å². The quantitative estimate of drug-likeness (QED) is 0.665. The fourth-order valence-corrected chi connectivity index (χ4v) is 2.47. The van der Waals surface area contributed by atoms with E-state index in [1.54, 1.807) is 0 Å². The predicted molar refractivity (Wildman–Crippen MR) is 68.9 cm³/mol. The molecule has 0 aromatic rings. The molecule has 0 aromatic carbocycles. The molecule has 0 rings (SSSR count). The van der Waals surface area contributed by atoms with Gasteiger partial charge >= 0.3 is 0 Å². The summed E-state index contributed by atoms with van der Waals surface area (Å²) < 4.78 is 24.8. The zero-order valence-electron chi connectivity index (χ0n) is 11.3. The summed E-state index contributed by atoms with van der Waals surface area (Å²) in [6.45, 7) is 8.62. The predicted octanol–water partition coefficient (Wildman–Crippen LogP) is 0.844. The van der Waals surface area contributed by atoms with Crippen LogP contribution in [0.2, 0.25) is 0 Å². The Morgan fingerprint density at radius 1 is 1.24 bits per heavy atom. The maximum Gasteiger partial charge on any atom is 0.209 e. The highest BCUT2D eigenvalue weighted by Crippen LogP contribution is 2.17. The minimum atomic E-state index is -3.19. The summed E-state index contributed by atoms with van der Waals surface area (Å²) in [6.07, 6.45) is 1.88. The van der Waals surface area contributed by atoms with Crippen LogP contribution in [0.5, 0.6) is 0 Å². The number of nitrogens with zero attached hydrogens (tertiary/aromatic N) is 1. The van der Waals surface area contributed by atoms with Gasteiger partial charge in [0.05, 0.1) is 17.7 Å². The molecular formula is C11H23N3O2S. The second kappa shape index (κ2) is 5.80. The molecule has 0 fully saturated rings. The number of rotatable bonds is 7. The third-order valence-electron chi connectivity index (χ3n) is 2.26. The lowest BCUT2D eigenvalue weighted by atomic mass is 9.91. The molecule has 0 aliphatic heterocycles. The van der Waals surface area contributed by atoms with Gasteiger partial charge in [-0.25, -0.2) is 13.1 Å². The van der Waals surface area contributed by atoms with E-state index in [4.69, 9.17) is 5.26 Å². The van der Waals surface area contributed by atoms with Gasteiger partial charge in [0.2, 0.25) is 10.0 Å². The van der Waals surface area contributed by atoms with Gasteiger partial charge in [-0.15, -0.1) is 0 Å². The van der Waals surface area contributed by atoms with Crippen LogP contribution in [0.25, 0.3) is 0 Å². The van der Waals surface area contributed by atoms with Crippen LogP contribution in [0.4, 0.5) is 0 Å². The van der Waals surface area contributed by atoms with Gasteiger partial charge in [0, 0.05) is 12.1 Å². The highest BCUT2D eigenvalue weighted by atomic mass is 32.2. The van der Waals surface area contributed by atoms with Crippen molar-refractivity contribution in [1.82, 2.24) is 10.0 Å². The first-order valence-corrected chi connectivity index (χ1v) is 7.47. The second-order valence-corrected chi connectivity index (χ2v) is 7.43. The summed E-state index contributed by atoms with van der Waals surface area (Å²) in [5, 5.41) is 12.0. The third kappa shape index (κ3) is 9.10. The number of nitriles is 1. The summed E-state index contributed by atoms with van der Waals surface area (Å²) in [4.78, 5) is 0. The minimum Gasteiger partial charge on any atom is -0.315 e. The number of hydrogen-bond acceptors (Lipinski definition) is 4. The molecule has 0 bridgehead atoms. The van der Waals surface area contributed by atoms with Gasteiger partial charge in [0.1, 0.15) is 0 Å². The van der Waals surface area contributed by atoms with E-state index in [2.05, 4.69) is 16.1 Å². The van der Waals surface area contributed by atoms with Gasteiger partial charge in [-0.2, -0.15) is 5.26 Å². The van der Waals surface area contributed by atoms with Crippen LogP contribution in [0.1, 0.15) is 34.1 Å². The molecule has 0 saturated heterocycles. The lowest BCUT2D eigenvalue weighted by molar-refractivity contribution is 0.386. The molecule has 0 aromatic heterocycles. The average Bonchev–Trinajstić information content (AvgIpc) is 2.09. The molecule has 100 valence electrons. The Kier molecular flexibility index (Phi) is 5.59. The molecule has 0 aliphatic rings. The van der Waals surface area contributed by atoms with Crippen molar-refractivity contribution in [2.24, 2.45) is 5.41 Å². The molecule has 0 unspecified atom stereocenters. The third-order valence-corrected chi connectivity index (χ3v) is 3.18. The van der Waals surface area contributed by atoms with Crippen LogP contribution in [-0.4, -0.2) is 33.3 Å². The van der Waals surface area contributed by atoms with Gasteiger partial charge in [0.25, 0.3) is 0 Å². The first-order valence-electron chi connectivity index (χ1n) is 5.58. The van der Waals surface area contributed by atoms with Gasteiger partial charge < -0.3 is 5.32 Å². The first-order chi connectivity index (χ1) is 7.47. The summed E-state index contributed by atoms with van der Waals surface area (Å²) in [5.41, 5.74) is -0.869. The SMILES string of the molecule is CC(C)(C#N)CCNCC(C)(C)NS(C)(=O)=O. The van der Waals surface area contributed by atoms with Crippen LogP contribution < -0.4 is 10.0 Å². The van der Waals surface area contributed by atoms with Crippen molar-refractivity contribution in [3.8, 4) is 6.07 Å². The van der Waals surface area contributed by atoms with Crippen LogP contribution >= 0.6 is 0 Å². The second-order valence-electron chi connectivity index (χ2n) is 5.68. The van der Waals surface area contributed by atoms with Crippen LogP contribution in [-0.2, 0) is 10.0 Å². The Morgan fingerprint density at radius 3 is 2.18 bits per heavy atom. The molecule has 5 nitrogen and oxygen atoms in total. The molecule has 6 heteroatoms. The Hall–Kier alpha value is -0.640. The topological polar surface area (TPSA) is 82.0 Å². The van der Waals surface area contributed by atoms with Crippen molar-refractivity contribution in [1.29, 1.82) is 5.26 Å². The Labute approximate surface area is 105 Å². The smallest absolute Gasteiger partial charge is 0.209 e. The van der Waals surface area contributed by atoms with Gasteiger partial charge in [-0.1, -0.05) is 0 Å². The van der Waals surface area contributed by atoms with Crippen molar-refractivity contribution in [3.05, 3.63) is 0 Å². The van der Waals surface area contributed by atoms with Gasteiger partial charge in [-0.05, 0) is 40.7 Å². The molecule has 17 heavy (non-hydrogen) atoms. The van der Waals surface area contributed by atoms with Crippen molar-refractivity contribution in [3.63, 3.8) is 0 Å². The van der Waals surface area contributed by atoms with Crippen molar-refractivity contribution < 1.29 is 8.42 Å². The van der Waals surface area contributed by atoms with Crippen LogP contribution in [0.15, 0.2) is 0 Å². The summed E-state index contributed by atoms with van der Waals surface area (Å²) in [5.74, 6) is 0. The maximum atomic E-state index is 11.1. The maximum absolute atomic E-state index is 11.1. The van der Waals surface area contributed by atoms with Crippen LogP contribution in [0, 0.1) is 16.7 Å². The standard InChI is InChI=1S/C11H23N3O2S/c1-10(2,8-12)6-7-13-9-11(3,4)14-17(5,15)16/h13-14H,6-7,9H2,1-5H3. The summed E-state index contributed by atoms with van der Waals surface area (Å²) >= 11 is 0. The molecular weight excluding hydrogens is 238 g/mol. The highest BCUT2D eigenvalue weighted by molar-refractivity contribution is 7.88. The monoisotopic (exact) mass is 261 g/mol. The highest BCUT2D eigenvalue weighted by Gasteiger charge is 2.22. The lowest BCUT2D eigenvalue weighted by Gasteiger charge is -2.26. The molecule has 0 spiro atoms. The Bertz CT molecular complexity index is 380. The Morgan fingerprint density at radius 2 is 1.76 bits per heavy atom. The van der Waals surface area contributed by atoms with E-state index in [1.807, 2.05) is 27.7 Å². The summed E-state index contributed by atoms with van der Waals surface area (Å²) in [7, 11) is -3.19. The van der Waals surface area contributed by atoms with E-state index in [9.17, 15) is 8.42 Å². The van der Waals surface area contributed by atoms with E-state index in [0.717, 1.165) is 12.7 Å². The van der Waals surface area contributed by atoms with E-state index in [0.29, 0.717) is 13.1 Å². The first kappa shape index (κ1) is 16.4. The van der Waals surface area contributed by atoms with E-state index in [1.165, 1.54) is 0 Å². The minimum absolute atomic E-state index is 0.346. The number of hydrogen-bond donors (Lipinski definition) is 2. The molecule has 2 N–H and O–H groups in total. The molecule has 0 aliphatic carbocycles. The normalized spacial score (nSPS) is 13.4. The van der Waals surface area contributed by atoms with Gasteiger partial charge in [-0.3, -0.25) is 0 Å². The zero-order chi connectivity index (χ0) is 13.7. The van der Waals surface area contributed by atoms with Crippen molar-refractivity contribution in [2.75, 3.05) is 19.3 Å². The lowest BCUT2D eigenvalue weighted by Crippen LogP contribution is -2.50. The van der Waals surface area contributed by atoms with E-state index < -0.39 is 15.6 Å². The fraction of sp³-hybridized carbons (Fsp3) is 0.909. The summed E-state index contributed by atoms with van der Waals surface area (Å²) in [6, 6.07) is 2.23. The Balaban J connectivity index is 4.02. The largest absolute Gasteiger partial charge is 0.315 e.